The number of nitrogens with one attached hydrogen (secondary N) is 1. The first-order valence-electron chi connectivity index (χ1n) is 11.1. The van der Waals surface area contributed by atoms with Crippen LogP contribution in [0.25, 0.3) is 0 Å². The van der Waals surface area contributed by atoms with Crippen LogP contribution in [0.4, 0.5) is 11.5 Å². The molecule has 1 aromatic carbocycles. The molecule has 4 rings (SSSR count). The fraction of sp³-hybridized carbons (Fsp3) is 0.542. The number of benzene rings is 1. The topological polar surface area (TPSA) is 85.7 Å². The summed E-state index contributed by atoms with van der Waals surface area (Å²) in [4.78, 5) is 27.5. The van der Waals surface area contributed by atoms with E-state index in [1.807, 2.05) is 37.6 Å². The predicted molar refractivity (Wildman–Crippen MR) is 122 cm³/mol. The van der Waals surface area contributed by atoms with Gasteiger partial charge in [0, 0.05) is 36.2 Å². The van der Waals surface area contributed by atoms with E-state index in [-0.39, 0.29) is 29.2 Å². The van der Waals surface area contributed by atoms with Gasteiger partial charge in [-0.1, -0.05) is 20.8 Å². The van der Waals surface area contributed by atoms with Gasteiger partial charge < -0.3 is 19.7 Å². The van der Waals surface area contributed by atoms with Gasteiger partial charge >= 0.3 is 0 Å². The number of rotatable bonds is 3. The minimum Gasteiger partial charge on any atom is -0.486 e. The number of amides is 2. The van der Waals surface area contributed by atoms with Crippen molar-refractivity contribution in [2.45, 2.75) is 58.9 Å². The molecule has 1 N–H and O–H groups in total. The Balaban J connectivity index is 1.52. The molecular weight excluding hydrogens is 408 g/mol. The normalized spacial score (nSPS) is 18.8. The lowest BCUT2D eigenvalue weighted by Crippen LogP contribution is -2.31. The van der Waals surface area contributed by atoms with E-state index in [2.05, 4.69) is 26.1 Å². The van der Waals surface area contributed by atoms with E-state index in [1.54, 1.807) is 17.0 Å². The van der Waals surface area contributed by atoms with E-state index < -0.39 is 5.92 Å². The zero-order valence-electron chi connectivity index (χ0n) is 19.7. The Labute approximate surface area is 188 Å². The van der Waals surface area contributed by atoms with Gasteiger partial charge in [-0.25, -0.2) is 4.68 Å². The maximum atomic E-state index is 13.1. The van der Waals surface area contributed by atoms with Crippen LogP contribution >= 0.6 is 0 Å². The second-order valence-electron chi connectivity index (χ2n) is 10.5. The first kappa shape index (κ1) is 22.2. The minimum atomic E-state index is -0.447. The Hall–Kier alpha value is -3.03. The quantitative estimate of drug-likeness (QED) is 0.787. The van der Waals surface area contributed by atoms with Crippen LogP contribution in [0, 0.1) is 5.92 Å². The fourth-order valence-electron chi connectivity index (χ4n) is 3.91. The summed E-state index contributed by atoms with van der Waals surface area (Å²) in [5.74, 6) is 1.24. The number of fused-ring (bicyclic) bond motifs is 1. The summed E-state index contributed by atoms with van der Waals surface area (Å²) in [6.45, 7) is 13.7. The van der Waals surface area contributed by atoms with Gasteiger partial charge in [0.2, 0.25) is 11.8 Å². The van der Waals surface area contributed by atoms with Crippen molar-refractivity contribution in [3.05, 3.63) is 30.0 Å². The van der Waals surface area contributed by atoms with Crippen molar-refractivity contribution in [1.29, 1.82) is 0 Å². The molecule has 0 saturated carbocycles. The Bertz CT molecular complexity index is 1050. The molecule has 0 aliphatic carbocycles. The summed E-state index contributed by atoms with van der Waals surface area (Å²) in [6.07, 6.45) is 0.163. The van der Waals surface area contributed by atoms with Gasteiger partial charge in [-0.3, -0.25) is 9.59 Å². The Morgan fingerprint density at radius 3 is 2.41 bits per heavy atom. The average molecular weight is 441 g/mol. The number of hydrogen-bond donors (Lipinski definition) is 1. The number of anilines is 2. The summed E-state index contributed by atoms with van der Waals surface area (Å²) < 4.78 is 13.0. The third-order valence-electron chi connectivity index (χ3n) is 5.70. The second kappa shape index (κ2) is 7.83. The molecule has 2 aliphatic rings. The van der Waals surface area contributed by atoms with Crippen LogP contribution in [0.2, 0.25) is 0 Å². The molecule has 1 fully saturated rings. The molecule has 3 heterocycles. The van der Waals surface area contributed by atoms with Crippen LogP contribution < -0.4 is 19.7 Å². The largest absolute Gasteiger partial charge is 0.486 e. The Morgan fingerprint density at radius 1 is 1.06 bits per heavy atom. The highest BCUT2D eigenvalue weighted by Crippen LogP contribution is 2.36. The SMILES string of the molecule is CC(C)(C)c1cc(NC(=O)C2CC(=O)N(c3ccc4c(c3)OCCO4)C2)n(C(C)(C)C)n1. The first-order valence-corrected chi connectivity index (χ1v) is 11.1. The summed E-state index contributed by atoms with van der Waals surface area (Å²) in [5.41, 5.74) is 1.18. The second-order valence-corrected chi connectivity index (χ2v) is 10.5. The zero-order valence-corrected chi connectivity index (χ0v) is 19.7. The summed E-state index contributed by atoms with van der Waals surface area (Å²) >= 11 is 0. The van der Waals surface area contributed by atoms with Gasteiger partial charge in [0.05, 0.1) is 17.2 Å². The monoisotopic (exact) mass is 440 g/mol. The number of aromatic nitrogens is 2. The van der Waals surface area contributed by atoms with Crippen molar-refractivity contribution in [3.63, 3.8) is 0 Å². The van der Waals surface area contributed by atoms with Crippen LogP contribution in [0.1, 0.15) is 53.7 Å². The standard InChI is InChI=1S/C24H32N4O4/c1-23(2,3)19-13-20(28(26-19)24(4,5)6)25-22(30)15-11-21(29)27(14-15)16-7-8-17-18(12-16)32-10-9-31-17/h7-8,12-13,15H,9-11,14H2,1-6H3,(H,25,30). The number of carbonyl (C=O) groups excluding carboxylic acids is 2. The number of carbonyl (C=O) groups is 2. The molecule has 0 radical (unpaired) electrons. The van der Waals surface area contributed by atoms with Gasteiger partial charge in [0.15, 0.2) is 11.5 Å². The predicted octanol–water partition coefficient (Wildman–Crippen LogP) is 3.70. The van der Waals surface area contributed by atoms with Crippen LogP contribution in [0.15, 0.2) is 24.3 Å². The lowest BCUT2D eigenvalue weighted by Gasteiger charge is -2.23. The number of nitrogens with zero attached hydrogens (tertiary/aromatic N) is 3. The highest BCUT2D eigenvalue weighted by atomic mass is 16.6. The van der Waals surface area contributed by atoms with Crippen molar-refractivity contribution >= 4 is 23.3 Å². The van der Waals surface area contributed by atoms with Crippen molar-refractivity contribution in [2.24, 2.45) is 5.92 Å². The van der Waals surface area contributed by atoms with E-state index >= 15 is 0 Å². The summed E-state index contributed by atoms with van der Waals surface area (Å²) in [6, 6.07) is 7.37. The molecule has 1 unspecified atom stereocenters. The van der Waals surface area contributed by atoms with Gasteiger partial charge in [-0.15, -0.1) is 0 Å². The van der Waals surface area contributed by atoms with Crippen LogP contribution in [0.5, 0.6) is 11.5 Å². The molecule has 2 aromatic rings. The molecule has 0 bridgehead atoms. The van der Waals surface area contributed by atoms with Crippen LogP contribution in [-0.4, -0.2) is 41.4 Å². The minimum absolute atomic E-state index is 0.0819. The number of ether oxygens (including phenoxy) is 2. The van der Waals surface area contributed by atoms with E-state index in [9.17, 15) is 9.59 Å². The van der Waals surface area contributed by atoms with E-state index in [4.69, 9.17) is 14.6 Å². The van der Waals surface area contributed by atoms with Crippen molar-refractivity contribution in [3.8, 4) is 11.5 Å². The molecule has 1 atom stereocenters. The maximum absolute atomic E-state index is 13.1. The molecule has 1 aromatic heterocycles. The van der Waals surface area contributed by atoms with E-state index in [0.29, 0.717) is 42.8 Å². The molecule has 8 nitrogen and oxygen atoms in total. The van der Waals surface area contributed by atoms with Crippen molar-refractivity contribution < 1.29 is 19.1 Å². The van der Waals surface area contributed by atoms with Crippen LogP contribution in [0.3, 0.4) is 0 Å². The molecule has 8 heteroatoms. The van der Waals surface area contributed by atoms with Gasteiger partial charge in [0.25, 0.3) is 0 Å². The first-order chi connectivity index (χ1) is 14.9. The molecule has 0 spiro atoms. The highest BCUT2D eigenvalue weighted by molar-refractivity contribution is 6.03. The molecule has 172 valence electrons. The lowest BCUT2D eigenvalue weighted by atomic mass is 9.92. The van der Waals surface area contributed by atoms with Gasteiger partial charge in [-0.05, 0) is 32.9 Å². The molecule has 32 heavy (non-hydrogen) atoms. The average Bonchev–Trinajstić information content (AvgIpc) is 3.31. The van der Waals surface area contributed by atoms with E-state index in [1.165, 1.54) is 0 Å². The molecule has 2 aliphatic heterocycles. The summed E-state index contributed by atoms with van der Waals surface area (Å²) in [5, 5.41) is 7.78. The lowest BCUT2D eigenvalue weighted by molar-refractivity contribution is -0.122. The zero-order chi connectivity index (χ0) is 23.3. The fourth-order valence-corrected chi connectivity index (χ4v) is 3.91. The van der Waals surface area contributed by atoms with Gasteiger partial charge in [-0.2, -0.15) is 5.10 Å². The Morgan fingerprint density at radius 2 is 1.75 bits per heavy atom. The van der Waals surface area contributed by atoms with Crippen LogP contribution in [-0.2, 0) is 20.5 Å². The van der Waals surface area contributed by atoms with E-state index in [0.717, 1.165) is 5.69 Å². The molecule has 2 amide bonds. The summed E-state index contributed by atoms with van der Waals surface area (Å²) in [7, 11) is 0. The van der Waals surface area contributed by atoms with Crippen molar-refractivity contribution in [1.82, 2.24) is 9.78 Å². The maximum Gasteiger partial charge on any atom is 0.230 e. The molecular formula is C24H32N4O4. The highest BCUT2D eigenvalue weighted by Gasteiger charge is 2.36. The number of hydrogen-bond acceptors (Lipinski definition) is 5. The van der Waals surface area contributed by atoms with Gasteiger partial charge in [0.1, 0.15) is 19.0 Å². The smallest absolute Gasteiger partial charge is 0.230 e. The Kier molecular flexibility index (Phi) is 5.43. The third kappa shape index (κ3) is 4.31. The van der Waals surface area contributed by atoms with Crippen molar-refractivity contribution in [2.75, 3.05) is 30.0 Å². The third-order valence-corrected chi connectivity index (χ3v) is 5.70. The molecule has 1 saturated heterocycles.